The maximum absolute atomic E-state index is 12.0. The first-order chi connectivity index (χ1) is 9.69. The second-order valence-electron chi connectivity index (χ2n) is 5.09. The van der Waals surface area contributed by atoms with E-state index in [9.17, 15) is 10.1 Å². The predicted molar refractivity (Wildman–Crippen MR) is 76.2 cm³/mol. The number of ether oxygens (including phenoxy) is 1. The number of benzene rings is 1. The van der Waals surface area contributed by atoms with Crippen molar-refractivity contribution in [2.75, 3.05) is 19.0 Å². The van der Waals surface area contributed by atoms with Gasteiger partial charge in [-0.3, -0.25) is 0 Å². The Hall–Kier alpha value is -1.73. The van der Waals surface area contributed by atoms with Crippen molar-refractivity contribution < 1.29 is 9.53 Å². The van der Waals surface area contributed by atoms with Gasteiger partial charge in [0.2, 0.25) is 0 Å². The van der Waals surface area contributed by atoms with E-state index in [0.29, 0.717) is 13.1 Å². The predicted octanol–water partition coefficient (Wildman–Crippen LogP) is 3.17. The van der Waals surface area contributed by atoms with Crippen LogP contribution >= 0.6 is 11.6 Å². The Morgan fingerprint density at radius 3 is 2.85 bits per heavy atom. The summed E-state index contributed by atoms with van der Waals surface area (Å²) in [5, 5.41) is 9.24. The number of amides is 1. The van der Waals surface area contributed by atoms with E-state index in [-0.39, 0.29) is 18.6 Å². The van der Waals surface area contributed by atoms with Crippen molar-refractivity contribution >= 4 is 17.7 Å². The third-order valence-corrected chi connectivity index (χ3v) is 4.04. The molecule has 1 fully saturated rings. The lowest BCUT2D eigenvalue weighted by molar-refractivity contribution is 0.0715. The fraction of sp³-hybridized carbons (Fsp3) is 0.467. The molecule has 0 saturated carbocycles. The van der Waals surface area contributed by atoms with Crippen LogP contribution in [0.3, 0.4) is 0 Å². The first kappa shape index (κ1) is 14.7. The van der Waals surface area contributed by atoms with E-state index < -0.39 is 5.41 Å². The number of carbonyl (C=O) groups is 1. The van der Waals surface area contributed by atoms with Crippen LogP contribution in [0.5, 0.6) is 0 Å². The molecule has 0 N–H and O–H groups in total. The largest absolute Gasteiger partial charge is 0.445 e. The van der Waals surface area contributed by atoms with Crippen molar-refractivity contribution in [3.05, 3.63) is 35.9 Å². The Morgan fingerprint density at radius 1 is 1.45 bits per heavy atom. The molecule has 1 aliphatic rings. The zero-order valence-corrected chi connectivity index (χ0v) is 12.0. The summed E-state index contributed by atoms with van der Waals surface area (Å²) < 4.78 is 5.28. The molecule has 0 aliphatic carbocycles. The molecule has 106 valence electrons. The highest BCUT2D eigenvalue weighted by molar-refractivity contribution is 6.18. The van der Waals surface area contributed by atoms with Crippen molar-refractivity contribution in [1.29, 1.82) is 5.26 Å². The number of likely N-dealkylation sites (tertiary alicyclic amines) is 1. The minimum atomic E-state index is -0.633. The Kier molecular flexibility index (Phi) is 4.86. The van der Waals surface area contributed by atoms with E-state index in [4.69, 9.17) is 16.3 Å². The monoisotopic (exact) mass is 292 g/mol. The van der Waals surface area contributed by atoms with Gasteiger partial charge in [-0.05, 0) is 18.4 Å². The minimum absolute atomic E-state index is 0.242. The van der Waals surface area contributed by atoms with Crippen molar-refractivity contribution in [2.45, 2.75) is 19.4 Å². The van der Waals surface area contributed by atoms with Crippen LogP contribution in [0.25, 0.3) is 0 Å². The van der Waals surface area contributed by atoms with Crippen molar-refractivity contribution in [1.82, 2.24) is 4.90 Å². The van der Waals surface area contributed by atoms with Crippen LogP contribution in [0.15, 0.2) is 30.3 Å². The van der Waals surface area contributed by atoms with Gasteiger partial charge in [0.05, 0.1) is 11.5 Å². The van der Waals surface area contributed by atoms with Gasteiger partial charge in [-0.2, -0.15) is 5.26 Å². The number of alkyl halides is 1. The fourth-order valence-electron chi connectivity index (χ4n) is 2.33. The SMILES string of the molecule is N#CC1(CCl)CCCN(C(=O)OCc2ccccc2)C1. The average Bonchev–Trinajstić information content (AvgIpc) is 2.53. The lowest BCUT2D eigenvalue weighted by atomic mass is 9.83. The topological polar surface area (TPSA) is 53.3 Å². The van der Waals surface area contributed by atoms with Gasteiger partial charge in [-0.1, -0.05) is 30.3 Å². The van der Waals surface area contributed by atoms with Crippen LogP contribution in [-0.4, -0.2) is 30.0 Å². The summed E-state index contributed by atoms with van der Waals surface area (Å²) in [6, 6.07) is 11.8. The molecular formula is C15H17ClN2O2. The lowest BCUT2D eigenvalue weighted by Crippen LogP contribution is -2.46. The zero-order valence-electron chi connectivity index (χ0n) is 11.2. The molecule has 1 aromatic rings. The highest BCUT2D eigenvalue weighted by Crippen LogP contribution is 2.30. The Balaban J connectivity index is 1.91. The van der Waals surface area contributed by atoms with Gasteiger partial charge in [-0.15, -0.1) is 11.6 Å². The smallest absolute Gasteiger partial charge is 0.410 e. The maximum Gasteiger partial charge on any atom is 0.410 e. The lowest BCUT2D eigenvalue weighted by Gasteiger charge is -2.36. The standard InChI is InChI=1S/C15H17ClN2O2/c16-10-15(11-17)7-4-8-18(12-15)14(19)20-9-13-5-2-1-3-6-13/h1-3,5-6H,4,7-10,12H2. The van der Waals surface area contributed by atoms with Crippen molar-refractivity contribution in [2.24, 2.45) is 5.41 Å². The number of hydrogen-bond donors (Lipinski definition) is 0. The Bertz CT molecular complexity index is 500. The highest BCUT2D eigenvalue weighted by Gasteiger charge is 2.37. The van der Waals surface area contributed by atoms with Crippen LogP contribution in [0.2, 0.25) is 0 Å². The molecule has 1 aromatic carbocycles. The molecular weight excluding hydrogens is 276 g/mol. The van der Waals surface area contributed by atoms with E-state index >= 15 is 0 Å². The number of rotatable bonds is 3. The molecule has 0 radical (unpaired) electrons. The molecule has 0 aromatic heterocycles. The van der Waals surface area contributed by atoms with E-state index in [0.717, 1.165) is 18.4 Å². The summed E-state index contributed by atoms with van der Waals surface area (Å²) in [6.45, 7) is 1.21. The van der Waals surface area contributed by atoms with Gasteiger partial charge in [0.15, 0.2) is 0 Å². The third-order valence-electron chi connectivity index (χ3n) is 3.53. The molecule has 5 heteroatoms. The highest BCUT2D eigenvalue weighted by atomic mass is 35.5. The number of piperidine rings is 1. The summed E-state index contributed by atoms with van der Waals surface area (Å²) in [5.74, 6) is 0.242. The molecule has 1 unspecified atom stereocenters. The van der Waals surface area contributed by atoms with E-state index in [1.807, 2.05) is 30.3 Å². The summed E-state index contributed by atoms with van der Waals surface area (Å²) in [4.78, 5) is 13.6. The number of nitriles is 1. The second kappa shape index (κ2) is 6.62. The van der Waals surface area contributed by atoms with Gasteiger partial charge in [0.25, 0.3) is 0 Å². The molecule has 2 rings (SSSR count). The zero-order chi connectivity index (χ0) is 14.4. The maximum atomic E-state index is 12.0. The molecule has 1 amide bonds. The van der Waals surface area contributed by atoms with Crippen LogP contribution in [-0.2, 0) is 11.3 Å². The molecule has 20 heavy (non-hydrogen) atoms. The molecule has 1 aliphatic heterocycles. The third kappa shape index (κ3) is 3.43. The molecule has 0 bridgehead atoms. The fourth-order valence-corrected chi connectivity index (χ4v) is 2.61. The van der Waals surface area contributed by atoms with E-state index in [1.54, 1.807) is 4.90 Å². The molecule has 1 saturated heterocycles. The van der Waals surface area contributed by atoms with Crippen LogP contribution in [0, 0.1) is 16.7 Å². The van der Waals surface area contributed by atoms with E-state index in [1.165, 1.54) is 0 Å². The summed E-state index contributed by atoms with van der Waals surface area (Å²) in [7, 11) is 0. The minimum Gasteiger partial charge on any atom is -0.445 e. The van der Waals surface area contributed by atoms with Gasteiger partial charge >= 0.3 is 6.09 Å². The number of hydrogen-bond acceptors (Lipinski definition) is 3. The van der Waals surface area contributed by atoms with E-state index in [2.05, 4.69) is 6.07 Å². The van der Waals surface area contributed by atoms with Crippen molar-refractivity contribution in [3.63, 3.8) is 0 Å². The summed E-state index contributed by atoms with van der Waals surface area (Å²) >= 11 is 5.88. The quantitative estimate of drug-likeness (QED) is 0.804. The molecule has 0 spiro atoms. The number of nitrogens with zero attached hydrogens (tertiary/aromatic N) is 2. The second-order valence-corrected chi connectivity index (χ2v) is 5.36. The average molecular weight is 293 g/mol. The molecule has 1 heterocycles. The molecule has 1 atom stereocenters. The van der Waals surface area contributed by atoms with Crippen LogP contribution in [0.1, 0.15) is 18.4 Å². The summed E-state index contributed by atoms with van der Waals surface area (Å²) in [6.07, 6.45) is 1.13. The Labute approximate surface area is 123 Å². The summed E-state index contributed by atoms with van der Waals surface area (Å²) in [5.41, 5.74) is 0.313. The van der Waals surface area contributed by atoms with Gasteiger partial charge in [0.1, 0.15) is 6.61 Å². The normalized spacial score (nSPS) is 22.1. The number of carbonyl (C=O) groups excluding carboxylic acids is 1. The molecule has 4 nitrogen and oxygen atoms in total. The van der Waals surface area contributed by atoms with Crippen LogP contribution in [0.4, 0.5) is 4.79 Å². The first-order valence-corrected chi connectivity index (χ1v) is 7.15. The van der Waals surface area contributed by atoms with Crippen LogP contribution < -0.4 is 0 Å². The van der Waals surface area contributed by atoms with Gasteiger partial charge in [-0.25, -0.2) is 4.79 Å². The Morgan fingerprint density at radius 2 is 2.20 bits per heavy atom. The van der Waals surface area contributed by atoms with Gasteiger partial charge < -0.3 is 9.64 Å². The van der Waals surface area contributed by atoms with Crippen molar-refractivity contribution in [3.8, 4) is 6.07 Å². The number of halogens is 1. The first-order valence-electron chi connectivity index (χ1n) is 6.62. The van der Waals surface area contributed by atoms with Gasteiger partial charge in [0, 0.05) is 19.0 Å².